The van der Waals surface area contributed by atoms with Gasteiger partial charge < -0.3 is 23.7 Å². The maximum atomic E-state index is 12.6. The molecular weight excluding hydrogens is 440 g/mol. The Bertz CT molecular complexity index is 1110. The van der Waals surface area contributed by atoms with Crippen LogP contribution in [0.4, 0.5) is 4.79 Å². The van der Waals surface area contributed by atoms with Gasteiger partial charge in [-0.3, -0.25) is 9.69 Å². The minimum atomic E-state index is -1.14. The first-order chi connectivity index (χ1) is 16.2. The highest BCUT2D eigenvalue weighted by molar-refractivity contribution is 5.78. The van der Waals surface area contributed by atoms with Gasteiger partial charge in [0.25, 0.3) is 0 Å². The van der Waals surface area contributed by atoms with Gasteiger partial charge in [0, 0.05) is 19.4 Å². The lowest BCUT2D eigenvalue weighted by molar-refractivity contribution is -0.138. The van der Waals surface area contributed by atoms with E-state index in [2.05, 4.69) is 4.98 Å². The molecule has 0 aliphatic rings. The summed E-state index contributed by atoms with van der Waals surface area (Å²) < 4.78 is 21.7. The normalized spacial score (nSPS) is 11.5. The number of aromatic nitrogens is 1. The largest absolute Gasteiger partial charge is 0.497 e. The highest BCUT2D eigenvalue weighted by Gasteiger charge is 2.20. The Kier molecular flexibility index (Phi) is 8.13. The second kappa shape index (κ2) is 11.2. The van der Waals surface area contributed by atoms with Crippen LogP contribution in [0.2, 0.25) is 0 Å². The summed E-state index contributed by atoms with van der Waals surface area (Å²) in [4.78, 5) is 29.4. The van der Waals surface area contributed by atoms with Gasteiger partial charge in [0.15, 0.2) is 5.89 Å². The Morgan fingerprint density at radius 1 is 1.03 bits per heavy atom. The van der Waals surface area contributed by atoms with Crippen molar-refractivity contribution in [3.8, 4) is 17.2 Å². The van der Waals surface area contributed by atoms with E-state index in [1.165, 1.54) is 7.11 Å². The number of benzene rings is 2. The summed E-state index contributed by atoms with van der Waals surface area (Å²) in [5.74, 6) is 1.87. The van der Waals surface area contributed by atoms with E-state index >= 15 is 0 Å². The summed E-state index contributed by atoms with van der Waals surface area (Å²) in [7, 11) is 1.53. The van der Waals surface area contributed by atoms with Gasteiger partial charge in [-0.25, -0.2) is 9.78 Å². The lowest BCUT2D eigenvalue weighted by Crippen LogP contribution is -2.37. The maximum absolute atomic E-state index is 12.6. The van der Waals surface area contributed by atoms with Gasteiger partial charge >= 0.3 is 12.1 Å². The molecule has 9 heteroatoms. The number of amides is 1. The molecule has 0 fully saturated rings. The highest BCUT2D eigenvalue weighted by atomic mass is 16.6. The van der Waals surface area contributed by atoms with Crippen molar-refractivity contribution in [1.29, 1.82) is 0 Å². The molecule has 0 aliphatic carbocycles. The van der Waals surface area contributed by atoms with E-state index in [9.17, 15) is 14.7 Å². The summed E-state index contributed by atoms with van der Waals surface area (Å²) >= 11 is 0. The highest BCUT2D eigenvalue weighted by Crippen LogP contribution is 2.22. The van der Waals surface area contributed by atoms with Gasteiger partial charge in [0.05, 0.1) is 19.4 Å². The molecule has 0 radical (unpaired) electrons. The number of oxazole rings is 1. The topological polar surface area (TPSA) is 111 Å². The molecule has 1 aromatic heterocycles. The van der Waals surface area contributed by atoms with Crippen LogP contribution in [0.15, 0.2) is 52.9 Å². The lowest BCUT2D eigenvalue weighted by atomic mass is 10.1. The monoisotopic (exact) mass is 468 g/mol. The van der Waals surface area contributed by atoms with Crippen LogP contribution in [0.1, 0.15) is 35.7 Å². The predicted octanol–water partition coefficient (Wildman–Crippen LogP) is 4.57. The lowest BCUT2D eigenvalue weighted by Gasteiger charge is -2.20. The third-order valence-corrected chi connectivity index (χ3v) is 5.05. The van der Waals surface area contributed by atoms with Crippen LogP contribution < -0.4 is 14.2 Å². The number of carboxylic acids is 1. The van der Waals surface area contributed by atoms with Crippen LogP contribution in [-0.4, -0.2) is 47.3 Å². The second-order valence-corrected chi connectivity index (χ2v) is 7.82. The van der Waals surface area contributed by atoms with E-state index < -0.39 is 18.6 Å². The van der Waals surface area contributed by atoms with E-state index in [0.717, 1.165) is 21.9 Å². The standard InChI is InChI=1S/C25H28N2O7/c1-16(24-17(2)33-18(3)26-24)15-32-21-7-5-19(6-8-21)13-27(14-23(28)29)25(30)34-22-11-9-20(31-4)10-12-22/h5-12,16H,13-15H2,1-4H3,(H,28,29). The average Bonchev–Trinajstić information content (AvgIpc) is 3.16. The van der Waals surface area contributed by atoms with Gasteiger partial charge in [-0.2, -0.15) is 0 Å². The van der Waals surface area contributed by atoms with Crippen LogP contribution in [0, 0.1) is 13.8 Å². The van der Waals surface area contributed by atoms with Crippen molar-refractivity contribution >= 4 is 12.1 Å². The zero-order valence-electron chi connectivity index (χ0n) is 19.6. The number of carboxylic acid groups (broad SMARTS) is 1. The molecule has 1 heterocycles. The molecule has 2 aromatic carbocycles. The molecule has 0 spiro atoms. The van der Waals surface area contributed by atoms with E-state index in [0.29, 0.717) is 24.0 Å². The first-order valence-electron chi connectivity index (χ1n) is 10.7. The van der Waals surface area contributed by atoms with Crippen LogP contribution >= 0.6 is 0 Å². The van der Waals surface area contributed by atoms with Crippen molar-refractivity contribution in [3.63, 3.8) is 0 Å². The van der Waals surface area contributed by atoms with Gasteiger partial charge in [0.1, 0.15) is 29.6 Å². The summed E-state index contributed by atoms with van der Waals surface area (Å²) in [6, 6.07) is 13.6. The van der Waals surface area contributed by atoms with E-state index in [1.807, 2.05) is 20.8 Å². The maximum Gasteiger partial charge on any atom is 0.416 e. The van der Waals surface area contributed by atoms with Crippen LogP contribution in [0.25, 0.3) is 0 Å². The summed E-state index contributed by atoms with van der Waals surface area (Å²) in [6.07, 6.45) is -0.764. The number of carbonyl (C=O) groups is 2. The van der Waals surface area contributed by atoms with Gasteiger partial charge in [-0.1, -0.05) is 19.1 Å². The van der Waals surface area contributed by atoms with Crippen LogP contribution in [-0.2, 0) is 11.3 Å². The van der Waals surface area contributed by atoms with Crippen molar-refractivity contribution in [2.24, 2.45) is 0 Å². The zero-order valence-corrected chi connectivity index (χ0v) is 19.6. The third kappa shape index (κ3) is 6.74. The van der Waals surface area contributed by atoms with E-state index in [1.54, 1.807) is 48.5 Å². The van der Waals surface area contributed by atoms with Gasteiger partial charge in [-0.15, -0.1) is 0 Å². The molecule has 3 rings (SSSR count). The van der Waals surface area contributed by atoms with Gasteiger partial charge in [0.2, 0.25) is 0 Å². The predicted molar refractivity (Wildman–Crippen MR) is 123 cm³/mol. The number of rotatable bonds is 10. The number of ether oxygens (including phenoxy) is 3. The number of aryl methyl sites for hydroxylation is 2. The minimum absolute atomic E-state index is 0.0518. The van der Waals surface area contributed by atoms with Crippen molar-refractivity contribution < 1.29 is 33.3 Å². The average molecular weight is 469 g/mol. The molecule has 9 nitrogen and oxygen atoms in total. The zero-order chi connectivity index (χ0) is 24.7. The SMILES string of the molecule is COc1ccc(OC(=O)N(CC(=O)O)Cc2ccc(OCC(C)c3nc(C)oc3C)cc2)cc1. The second-order valence-electron chi connectivity index (χ2n) is 7.82. The first kappa shape index (κ1) is 24.6. The molecule has 1 atom stereocenters. The van der Waals surface area contributed by atoms with E-state index in [-0.39, 0.29) is 18.2 Å². The fourth-order valence-electron chi connectivity index (χ4n) is 3.37. The van der Waals surface area contributed by atoms with Crippen molar-refractivity contribution in [2.75, 3.05) is 20.3 Å². The van der Waals surface area contributed by atoms with Crippen LogP contribution in [0.5, 0.6) is 17.2 Å². The smallest absolute Gasteiger partial charge is 0.416 e. The van der Waals surface area contributed by atoms with Crippen molar-refractivity contribution in [3.05, 3.63) is 71.4 Å². The van der Waals surface area contributed by atoms with Crippen molar-refractivity contribution in [2.45, 2.75) is 33.2 Å². The Balaban J connectivity index is 1.59. The third-order valence-electron chi connectivity index (χ3n) is 5.05. The summed E-state index contributed by atoms with van der Waals surface area (Å²) in [5.41, 5.74) is 1.60. The van der Waals surface area contributed by atoms with Crippen LogP contribution in [0.3, 0.4) is 0 Å². The molecule has 0 aliphatic heterocycles. The first-order valence-corrected chi connectivity index (χ1v) is 10.7. The van der Waals surface area contributed by atoms with Crippen molar-refractivity contribution in [1.82, 2.24) is 9.88 Å². The molecule has 34 heavy (non-hydrogen) atoms. The fourth-order valence-corrected chi connectivity index (χ4v) is 3.37. The van der Waals surface area contributed by atoms with E-state index in [4.69, 9.17) is 18.6 Å². The minimum Gasteiger partial charge on any atom is -0.497 e. The number of hydrogen-bond donors (Lipinski definition) is 1. The van der Waals surface area contributed by atoms with Gasteiger partial charge in [-0.05, 0) is 48.9 Å². The number of methoxy groups -OCH3 is 1. The molecule has 1 unspecified atom stereocenters. The number of nitrogens with zero attached hydrogens (tertiary/aromatic N) is 2. The molecule has 1 N–H and O–H groups in total. The molecule has 0 bridgehead atoms. The number of aliphatic carboxylic acids is 1. The molecule has 1 amide bonds. The number of hydrogen-bond acceptors (Lipinski definition) is 7. The number of carbonyl (C=O) groups excluding carboxylic acids is 1. The Morgan fingerprint density at radius 3 is 2.21 bits per heavy atom. The fraction of sp³-hybridized carbons (Fsp3) is 0.320. The summed E-state index contributed by atoms with van der Waals surface area (Å²) in [5, 5.41) is 9.23. The molecule has 0 saturated carbocycles. The molecule has 0 saturated heterocycles. The quantitative estimate of drug-likeness (QED) is 0.461. The Labute approximate surface area is 197 Å². The summed E-state index contributed by atoms with van der Waals surface area (Å²) in [6.45, 7) is 5.69. The Hall–Kier alpha value is -4.01. The molecule has 3 aromatic rings. The molecular formula is C25H28N2O7. The molecule has 180 valence electrons. The Morgan fingerprint density at radius 2 is 1.65 bits per heavy atom.